The summed E-state index contributed by atoms with van der Waals surface area (Å²) in [6, 6.07) is 3.79. The lowest BCUT2D eigenvalue weighted by Crippen LogP contribution is -2.21. The third-order valence-corrected chi connectivity index (χ3v) is 5.39. The molecule has 0 radical (unpaired) electrons. The van der Waals surface area contributed by atoms with E-state index in [9.17, 15) is 9.90 Å². The van der Waals surface area contributed by atoms with E-state index in [2.05, 4.69) is 26.8 Å². The molecule has 1 heterocycles. The molecule has 1 aliphatic carbocycles. The number of benzene rings is 1. The maximum Gasteiger partial charge on any atom is 0.166 e. The number of aromatic hydroxyl groups is 1. The number of rotatable bonds is 4. The van der Waals surface area contributed by atoms with Gasteiger partial charge in [-0.05, 0) is 69.1 Å². The number of ether oxygens (including phenoxy) is 1. The van der Waals surface area contributed by atoms with Crippen LogP contribution in [0.4, 0.5) is 0 Å². The molecule has 1 aliphatic heterocycles. The Hall–Kier alpha value is -1.35. The van der Waals surface area contributed by atoms with Gasteiger partial charge >= 0.3 is 0 Å². The van der Waals surface area contributed by atoms with Crippen LogP contribution in [0.3, 0.4) is 0 Å². The molecule has 1 aromatic carbocycles. The molecule has 1 N–H and O–H groups in total. The van der Waals surface area contributed by atoms with Crippen LogP contribution in [0.25, 0.3) is 0 Å². The van der Waals surface area contributed by atoms with Crippen molar-refractivity contribution in [3.8, 4) is 5.75 Å². The minimum absolute atomic E-state index is 0.0506. The van der Waals surface area contributed by atoms with Crippen molar-refractivity contribution in [2.45, 2.75) is 71.0 Å². The summed E-state index contributed by atoms with van der Waals surface area (Å²) in [4.78, 5) is 12.2. The van der Waals surface area contributed by atoms with E-state index in [1.54, 1.807) is 6.07 Å². The van der Waals surface area contributed by atoms with E-state index >= 15 is 0 Å². The Kier molecular flexibility index (Phi) is 3.80. The molecule has 0 saturated carbocycles. The SMILES string of the molecule is Cc1cc(O)c2c(c1)C([C@H](C)CCC1OC1(C)C)CCC2=O. The van der Waals surface area contributed by atoms with Gasteiger partial charge in [-0.25, -0.2) is 0 Å². The number of phenols is 1. The maximum atomic E-state index is 12.2. The number of carbonyl (C=O) groups excluding carboxylic acids is 1. The number of ketones is 1. The van der Waals surface area contributed by atoms with E-state index in [0.29, 0.717) is 29.9 Å². The lowest BCUT2D eigenvalue weighted by atomic mass is 9.73. The molecule has 0 amide bonds. The third kappa shape index (κ3) is 2.79. The smallest absolute Gasteiger partial charge is 0.166 e. The van der Waals surface area contributed by atoms with Crippen molar-refractivity contribution in [1.29, 1.82) is 0 Å². The second kappa shape index (κ2) is 5.38. The lowest BCUT2D eigenvalue weighted by Gasteiger charge is -2.30. The van der Waals surface area contributed by atoms with Gasteiger partial charge in [-0.2, -0.15) is 0 Å². The van der Waals surface area contributed by atoms with Gasteiger partial charge in [0, 0.05) is 6.42 Å². The van der Waals surface area contributed by atoms with Gasteiger partial charge in [-0.3, -0.25) is 4.79 Å². The van der Waals surface area contributed by atoms with E-state index in [1.165, 1.54) is 0 Å². The van der Waals surface area contributed by atoms with Gasteiger partial charge in [-0.1, -0.05) is 13.0 Å². The number of aryl methyl sites for hydroxylation is 1. The average molecular weight is 302 g/mol. The molecule has 1 aromatic rings. The summed E-state index contributed by atoms with van der Waals surface area (Å²) in [5.74, 6) is 1.10. The fourth-order valence-electron chi connectivity index (χ4n) is 3.90. The van der Waals surface area contributed by atoms with Crippen molar-refractivity contribution in [2.24, 2.45) is 5.92 Å². The normalized spacial score (nSPS) is 27.4. The highest BCUT2D eigenvalue weighted by Gasteiger charge is 2.47. The average Bonchev–Trinajstić information content (AvgIpc) is 3.03. The van der Waals surface area contributed by atoms with Crippen molar-refractivity contribution in [3.05, 3.63) is 28.8 Å². The maximum absolute atomic E-state index is 12.2. The highest BCUT2D eigenvalue weighted by molar-refractivity contribution is 6.01. The zero-order valence-electron chi connectivity index (χ0n) is 14.0. The molecule has 22 heavy (non-hydrogen) atoms. The van der Waals surface area contributed by atoms with E-state index in [-0.39, 0.29) is 17.1 Å². The number of fused-ring (bicyclic) bond motifs is 1. The monoisotopic (exact) mass is 302 g/mol. The van der Waals surface area contributed by atoms with Crippen molar-refractivity contribution in [3.63, 3.8) is 0 Å². The number of carbonyl (C=O) groups is 1. The molecule has 2 aliphatic rings. The van der Waals surface area contributed by atoms with Crippen molar-refractivity contribution in [2.75, 3.05) is 0 Å². The summed E-state index contributed by atoms with van der Waals surface area (Å²) >= 11 is 0. The van der Waals surface area contributed by atoms with E-state index in [1.807, 2.05) is 6.92 Å². The minimum atomic E-state index is 0.0506. The second-order valence-electron chi connectivity index (χ2n) is 7.58. The molecule has 1 saturated heterocycles. The zero-order valence-corrected chi connectivity index (χ0v) is 14.0. The first-order chi connectivity index (χ1) is 10.3. The highest BCUT2D eigenvalue weighted by atomic mass is 16.6. The number of hydrogen-bond donors (Lipinski definition) is 1. The Morgan fingerprint density at radius 2 is 2.09 bits per heavy atom. The fraction of sp³-hybridized carbons (Fsp3) is 0.632. The van der Waals surface area contributed by atoms with Crippen LogP contribution in [0.5, 0.6) is 5.75 Å². The Labute approximate surface area is 132 Å². The van der Waals surface area contributed by atoms with Crippen LogP contribution in [-0.2, 0) is 4.74 Å². The molecule has 3 heteroatoms. The van der Waals surface area contributed by atoms with Gasteiger partial charge in [0.1, 0.15) is 5.75 Å². The highest BCUT2D eigenvalue weighted by Crippen LogP contribution is 2.44. The number of epoxide rings is 1. The van der Waals surface area contributed by atoms with Gasteiger partial charge in [0.05, 0.1) is 17.3 Å². The van der Waals surface area contributed by atoms with Crippen LogP contribution < -0.4 is 0 Å². The molecule has 2 unspecified atom stereocenters. The largest absolute Gasteiger partial charge is 0.507 e. The predicted molar refractivity (Wildman–Crippen MR) is 86.5 cm³/mol. The Morgan fingerprint density at radius 1 is 1.41 bits per heavy atom. The molecule has 0 aromatic heterocycles. The molecule has 0 bridgehead atoms. The fourth-order valence-corrected chi connectivity index (χ4v) is 3.90. The first-order valence-electron chi connectivity index (χ1n) is 8.34. The lowest BCUT2D eigenvalue weighted by molar-refractivity contribution is 0.0958. The minimum Gasteiger partial charge on any atom is -0.507 e. The van der Waals surface area contributed by atoms with Gasteiger partial charge < -0.3 is 9.84 Å². The molecule has 120 valence electrons. The summed E-state index contributed by atoms with van der Waals surface area (Å²) in [6.45, 7) is 8.51. The molecule has 1 fully saturated rings. The van der Waals surface area contributed by atoms with Gasteiger partial charge in [0.15, 0.2) is 5.78 Å². The van der Waals surface area contributed by atoms with Gasteiger partial charge in [0.25, 0.3) is 0 Å². The molecule has 3 rings (SSSR count). The summed E-state index contributed by atoms with van der Waals surface area (Å²) in [5, 5.41) is 10.2. The molecular weight excluding hydrogens is 276 g/mol. The standard InChI is InChI=1S/C19H26O3/c1-11-9-14-13(6-7-15(20)18(14)16(21)10-11)12(2)5-8-17-19(3,4)22-17/h9-10,12-13,17,21H,5-8H2,1-4H3/t12-,13?,17?/m1/s1. The second-order valence-corrected chi connectivity index (χ2v) is 7.58. The number of phenolic OH excluding ortho intramolecular Hbond substituents is 1. The Balaban J connectivity index is 1.78. The van der Waals surface area contributed by atoms with E-state index in [4.69, 9.17) is 4.74 Å². The predicted octanol–water partition coefficient (Wildman–Crippen LogP) is 4.35. The summed E-state index contributed by atoms with van der Waals surface area (Å²) in [7, 11) is 0. The summed E-state index contributed by atoms with van der Waals surface area (Å²) in [6.07, 6.45) is 3.99. The molecular formula is C19H26O3. The van der Waals surface area contributed by atoms with Crippen LogP contribution in [0.15, 0.2) is 12.1 Å². The van der Waals surface area contributed by atoms with Crippen LogP contribution in [0.1, 0.15) is 73.9 Å². The topological polar surface area (TPSA) is 49.8 Å². The number of hydrogen-bond acceptors (Lipinski definition) is 3. The van der Waals surface area contributed by atoms with Gasteiger partial charge in [0.2, 0.25) is 0 Å². The third-order valence-electron chi connectivity index (χ3n) is 5.39. The van der Waals surface area contributed by atoms with Crippen LogP contribution in [0.2, 0.25) is 0 Å². The van der Waals surface area contributed by atoms with E-state index in [0.717, 1.165) is 30.4 Å². The number of Topliss-reactive ketones (excluding diaryl/α,β-unsaturated/α-hetero) is 1. The summed E-state index contributed by atoms with van der Waals surface area (Å²) in [5.41, 5.74) is 2.69. The van der Waals surface area contributed by atoms with Crippen LogP contribution in [0, 0.1) is 12.8 Å². The van der Waals surface area contributed by atoms with E-state index < -0.39 is 0 Å². The van der Waals surface area contributed by atoms with Gasteiger partial charge in [-0.15, -0.1) is 0 Å². The zero-order chi connectivity index (χ0) is 16.1. The molecule has 3 nitrogen and oxygen atoms in total. The molecule has 0 spiro atoms. The van der Waals surface area contributed by atoms with Crippen molar-refractivity contribution >= 4 is 5.78 Å². The Morgan fingerprint density at radius 3 is 2.73 bits per heavy atom. The quantitative estimate of drug-likeness (QED) is 0.841. The van der Waals surface area contributed by atoms with Crippen molar-refractivity contribution < 1.29 is 14.6 Å². The first-order valence-corrected chi connectivity index (χ1v) is 8.34. The molecule has 3 atom stereocenters. The summed E-state index contributed by atoms with van der Waals surface area (Å²) < 4.78 is 5.67. The van der Waals surface area contributed by atoms with Crippen LogP contribution >= 0.6 is 0 Å². The van der Waals surface area contributed by atoms with Crippen molar-refractivity contribution in [1.82, 2.24) is 0 Å². The Bertz CT molecular complexity index is 603. The first kappa shape index (κ1) is 15.5. The van der Waals surface area contributed by atoms with Crippen LogP contribution in [-0.4, -0.2) is 22.6 Å².